The molecule has 0 aromatic carbocycles. The molecule has 0 aliphatic heterocycles. The highest BCUT2D eigenvalue weighted by atomic mass is 35.5. The lowest BCUT2D eigenvalue weighted by Crippen LogP contribution is -1.99. The highest BCUT2D eigenvalue weighted by molar-refractivity contribution is 5.85. The highest BCUT2D eigenvalue weighted by Gasteiger charge is 1.73. The first-order valence-corrected chi connectivity index (χ1v) is 2.47. The molecule has 1 N–H and O–H groups in total. The molecular formula is C6H14ClNO2. The lowest BCUT2D eigenvalue weighted by molar-refractivity contribution is -0.131. The number of carboxylic acid groups (broad SMARTS) is 1. The van der Waals surface area contributed by atoms with E-state index < -0.39 is 5.97 Å². The van der Waals surface area contributed by atoms with E-state index in [1.54, 1.807) is 0 Å². The molecule has 0 spiro atoms. The summed E-state index contributed by atoms with van der Waals surface area (Å²) in [5.74, 6) is -0.981. The minimum atomic E-state index is -0.981. The van der Waals surface area contributed by atoms with Gasteiger partial charge in [-0.25, -0.2) is 4.79 Å². The molecule has 0 aliphatic rings. The smallest absolute Gasteiger partial charge is 0.327 e. The molecule has 0 rings (SSSR count). The first kappa shape index (κ1) is 16.2. The summed E-state index contributed by atoms with van der Waals surface area (Å²) in [6.45, 7) is 2.96. The van der Waals surface area contributed by atoms with E-state index in [0.717, 1.165) is 6.08 Å². The standard InChI is InChI=1S/C3H9N.C3H4O2.ClH/c1-4(2)3;1-2-3(4)5;/h1-3H3;2H,1H2,(H,4,5);1H. The van der Waals surface area contributed by atoms with Crippen LogP contribution in [0.5, 0.6) is 0 Å². The quantitative estimate of drug-likeness (QED) is 0.589. The molecule has 0 saturated heterocycles. The Morgan fingerprint density at radius 3 is 1.60 bits per heavy atom. The van der Waals surface area contributed by atoms with Crippen LogP contribution in [0.1, 0.15) is 0 Å². The van der Waals surface area contributed by atoms with E-state index in [1.807, 2.05) is 26.0 Å². The molecule has 3 nitrogen and oxygen atoms in total. The number of carbonyl (C=O) groups is 1. The van der Waals surface area contributed by atoms with Crippen LogP contribution in [0.15, 0.2) is 12.7 Å². The number of halogens is 1. The van der Waals surface area contributed by atoms with Crippen molar-refractivity contribution in [1.29, 1.82) is 0 Å². The molecule has 0 unspecified atom stereocenters. The van der Waals surface area contributed by atoms with Crippen molar-refractivity contribution in [1.82, 2.24) is 4.90 Å². The fourth-order valence-electron chi connectivity index (χ4n) is 0. The maximum atomic E-state index is 9.25. The zero-order chi connectivity index (χ0) is 7.86. The van der Waals surface area contributed by atoms with Gasteiger partial charge in [-0.2, -0.15) is 0 Å². The van der Waals surface area contributed by atoms with E-state index in [-0.39, 0.29) is 12.4 Å². The van der Waals surface area contributed by atoms with Crippen LogP contribution in [0.3, 0.4) is 0 Å². The van der Waals surface area contributed by atoms with Crippen molar-refractivity contribution in [3.63, 3.8) is 0 Å². The molecule has 10 heavy (non-hydrogen) atoms. The Hall–Kier alpha value is -0.540. The third kappa shape index (κ3) is 146. The highest BCUT2D eigenvalue weighted by Crippen LogP contribution is 1.54. The van der Waals surface area contributed by atoms with Gasteiger partial charge in [-0.15, -0.1) is 12.4 Å². The Bertz CT molecular complexity index is 91.0. The second-order valence-corrected chi connectivity index (χ2v) is 1.88. The Kier molecular flexibility index (Phi) is 18.3. The lowest BCUT2D eigenvalue weighted by atomic mass is 10.7. The molecule has 0 heterocycles. The third-order valence-electron chi connectivity index (χ3n) is 0.175. The summed E-state index contributed by atoms with van der Waals surface area (Å²) >= 11 is 0. The fourth-order valence-corrected chi connectivity index (χ4v) is 0. The number of nitrogens with zero attached hydrogens (tertiary/aromatic N) is 1. The summed E-state index contributed by atoms with van der Waals surface area (Å²) < 4.78 is 0. The molecule has 0 aromatic rings. The van der Waals surface area contributed by atoms with Gasteiger partial charge in [0.25, 0.3) is 0 Å². The molecule has 0 amide bonds. The van der Waals surface area contributed by atoms with E-state index >= 15 is 0 Å². The third-order valence-corrected chi connectivity index (χ3v) is 0.175. The molecule has 0 aromatic heterocycles. The van der Waals surface area contributed by atoms with Gasteiger partial charge >= 0.3 is 5.97 Å². The zero-order valence-electron chi connectivity index (χ0n) is 6.50. The van der Waals surface area contributed by atoms with E-state index in [1.165, 1.54) is 0 Å². The molecule has 0 fully saturated rings. The van der Waals surface area contributed by atoms with Crippen LogP contribution in [0.25, 0.3) is 0 Å². The number of carboxylic acids is 1. The molecule has 0 bridgehead atoms. The summed E-state index contributed by atoms with van der Waals surface area (Å²) in [5, 5.41) is 7.60. The van der Waals surface area contributed by atoms with Gasteiger partial charge in [0.15, 0.2) is 0 Å². The molecule has 0 aliphatic carbocycles. The summed E-state index contributed by atoms with van der Waals surface area (Å²) in [7, 11) is 6.00. The van der Waals surface area contributed by atoms with E-state index in [0.29, 0.717) is 0 Å². The summed E-state index contributed by atoms with van der Waals surface area (Å²) in [6, 6.07) is 0. The number of hydrogen-bond acceptors (Lipinski definition) is 2. The van der Waals surface area contributed by atoms with Gasteiger partial charge < -0.3 is 10.0 Å². The van der Waals surface area contributed by atoms with Crippen molar-refractivity contribution in [2.75, 3.05) is 21.1 Å². The predicted molar refractivity (Wildman–Crippen MR) is 44.7 cm³/mol. The first-order chi connectivity index (χ1) is 4.00. The Morgan fingerprint density at radius 1 is 1.50 bits per heavy atom. The summed E-state index contributed by atoms with van der Waals surface area (Å²) in [5.41, 5.74) is 0. The van der Waals surface area contributed by atoms with Gasteiger partial charge in [0.2, 0.25) is 0 Å². The van der Waals surface area contributed by atoms with Gasteiger partial charge in [0.1, 0.15) is 0 Å². The topological polar surface area (TPSA) is 40.5 Å². The van der Waals surface area contributed by atoms with Gasteiger partial charge in [-0.3, -0.25) is 0 Å². The largest absolute Gasteiger partial charge is 0.478 e. The first-order valence-electron chi connectivity index (χ1n) is 2.47. The summed E-state index contributed by atoms with van der Waals surface area (Å²) in [6.07, 6.45) is 0.833. The van der Waals surface area contributed by atoms with E-state index in [2.05, 4.69) is 6.58 Å². The Morgan fingerprint density at radius 2 is 1.60 bits per heavy atom. The van der Waals surface area contributed by atoms with E-state index in [4.69, 9.17) is 5.11 Å². The number of aliphatic carboxylic acids is 1. The normalized spacial score (nSPS) is 6.80. The van der Waals surface area contributed by atoms with Crippen LogP contribution in [-0.4, -0.2) is 37.1 Å². The van der Waals surface area contributed by atoms with Crippen molar-refractivity contribution in [2.24, 2.45) is 0 Å². The van der Waals surface area contributed by atoms with Crippen molar-refractivity contribution < 1.29 is 9.90 Å². The maximum absolute atomic E-state index is 9.25. The van der Waals surface area contributed by atoms with Crippen LogP contribution < -0.4 is 0 Å². The number of hydrogen-bond donors (Lipinski definition) is 1. The second-order valence-electron chi connectivity index (χ2n) is 1.88. The van der Waals surface area contributed by atoms with Crippen molar-refractivity contribution in [3.8, 4) is 0 Å². The van der Waals surface area contributed by atoms with Crippen LogP contribution in [0, 0.1) is 0 Å². The van der Waals surface area contributed by atoms with Gasteiger partial charge in [0, 0.05) is 6.08 Å². The maximum Gasteiger partial charge on any atom is 0.327 e. The minimum absolute atomic E-state index is 0. The Labute approximate surface area is 67.7 Å². The van der Waals surface area contributed by atoms with E-state index in [9.17, 15) is 4.79 Å². The molecular weight excluding hydrogens is 154 g/mol. The predicted octanol–water partition coefficient (Wildman–Crippen LogP) is 0.857. The average Bonchev–Trinajstić information content (AvgIpc) is 1.65. The van der Waals surface area contributed by atoms with Crippen molar-refractivity contribution in [2.45, 2.75) is 0 Å². The average molecular weight is 168 g/mol. The van der Waals surface area contributed by atoms with Gasteiger partial charge in [-0.05, 0) is 21.1 Å². The van der Waals surface area contributed by atoms with Crippen LogP contribution in [0.4, 0.5) is 0 Å². The zero-order valence-corrected chi connectivity index (χ0v) is 7.31. The molecule has 0 saturated carbocycles. The molecule has 4 heteroatoms. The van der Waals surface area contributed by atoms with Crippen molar-refractivity contribution >= 4 is 18.4 Å². The Balaban J connectivity index is -0.0000000910. The monoisotopic (exact) mass is 167 g/mol. The van der Waals surface area contributed by atoms with Crippen molar-refractivity contribution in [3.05, 3.63) is 12.7 Å². The van der Waals surface area contributed by atoms with Gasteiger partial charge in [0.05, 0.1) is 0 Å². The SMILES string of the molecule is C=CC(=O)O.CN(C)C.Cl. The second kappa shape index (κ2) is 11.3. The van der Waals surface area contributed by atoms with Gasteiger partial charge in [-0.1, -0.05) is 6.58 Å². The molecule has 0 atom stereocenters. The minimum Gasteiger partial charge on any atom is -0.478 e. The van der Waals surface area contributed by atoms with Crippen LogP contribution in [0.2, 0.25) is 0 Å². The fraction of sp³-hybridized carbons (Fsp3) is 0.500. The number of rotatable bonds is 1. The molecule has 0 radical (unpaired) electrons. The van der Waals surface area contributed by atoms with Crippen LogP contribution in [-0.2, 0) is 4.79 Å². The lowest BCUT2D eigenvalue weighted by Gasteiger charge is -1.90. The molecule has 62 valence electrons. The summed E-state index contributed by atoms with van der Waals surface area (Å²) in [4.78, 5) is 11.2. The van der Waals surface area contributed by atoms with Crippen LogP contribution >= 0.6 is 12.4 Å².